The van der Waals surface area contributed by atoms with E-state index in [-0.39, 0.29) is 24.3 Å². The van der Waals surface area contributed by atoms with Gasteiger partial charge in [0.05, 0.1) is 0 Å². The highest BCUT2D eigenvalue weighted by Gasteiger charge is 2.45. The average molecular weight is 318 g/mol. The molecule has 2 heterocycles. The maximum atomic E-state index is 12.4. The van der Waals surface area contributed by atoms with Crippen LogP contribution in [-0.4, -0.2) is 34.8 Å². The molecule has 1 amide bonds. The number of nitrogens with zero attached hydrogens (tertiary/aromatic N) is 1. The molecule has 1 aromatic rings. The van der Waals surface area contributed by atoms with Crippen LogP contribution < -0.4 is 10.5 Å². The number of nitrogen functional groups attached to an aromatic ring is 1. The van der Waals surface area contributed by atoms with Crippen LogP contribution in [0.3, 0.4) is 0 Å². The molecule has 0 unspecified atom stereocenters. The van der Waals surface area contributed by atoms with Crippen molar-refractivity contribution in [1.29, 1.82) is 0 Å². The van der Waals surface area contributed by atoms with Crippen LogP contribution in [0.15, 0.2) is 24.3 Å². The third kappa shape index (κ3) is 3.71. The van der Waals surface area contributed by atoms with Crippen LogP contribution in [0.25, 0.3) is 0 Å². The number of carbonyl (C=O) groups is 1. The van der Waals surface area contributed by atoms with E-state index in [9.17, 15) is 4.79 Å². The van der Waals surface area contributed by atoms with Crippen molar-refractivity contribution in [3.8, 4) is 5.75 Å². The SMILES string of the molecule is CC(C)(C)OC(=O)N1[C@H]2CC[C@H]1CC(Oc1cccc(N)c1)C2. The molecule has 0 aliphatic carbocycles. The van der Waals surface area contributed by atoms with Crippen molar-refractivity contribution in [3.05, 3.63) is 24.3 Å². The normalized spacial score (nSPS) is 26.9. The molecule has 0 spiro atoms. The first-order valence-electron chi connectivity index (χ1n) is 8.35. The number of hydrogen-bond acceptors (Lipinski definition) is 4. The molecular formula is C18H26N2O3. The van der Waals surface area contributed by atoms with E-state index in [1.807, 2.05) is 49.9 Å². The van der Waals surface area contributed by atoms with Gasteiger partial charge < -0.3 is 20.1 Å². The van der Waals surface area contributed by atoms with Crippen LogP contribution in [0.2, 0.25) is 0 Å². The van der Waals surface area contributed by atoms with E-state index in [0.717, 1.165) is 31.4 Å². The fourth-order valence-corrected chi connectivity index (χ4v) is 3.62. The molecular weight excluding hydrogens is 292 g/mol. The fourth-order valence-electron chi connectivity index (χ4n) is 3.62. The Labute approximate surface area is 137 Å². The van der Waals surface area contributed by atoms with Gasteiger partial charge in [0.25, 0.3) is 0 Å². The van der Waals surface area contributed by atoms with Crippen molar-refractivity contribution in [2.24, 2.45) is 0 Å². The Kier molecular flexibility index (Phi) is 4.13. The Morgan fingerprint density at radius 1 is 1.22 bits per heavy atom. The summed E-state index contributed by atoms with van der Waals surface area (Å²) in [6.45, 7) is 5.72. The first-order chi connectivity index (χ1) is 10.8. The van der Waals surface area contributed by atoms with Gasteiger partial charge in [-0.15, -0.1) is 0 Å². The predicted molar refractivity (Wildman–Crippen MR) is 89.4 cm³/mol. The highest BCUT2D eigenvalue weighted by Crippen LogP contribution is 2.38. The molecule has 2 aliphatic rings. The summed E-state index contributed by atoms with van der Waals surface area (Å²) in [5, 5.41) is 0. The van der Waals surface area contributed by atoms with Crippen LogP contribution >= 0.6 is 0 Å². The largest absolute Gasteiger partial charge is 0.490 e. The second-order valence-electron chi connectivity index (χ2n) is 7.56. The number of piperidine rings is 1. The molecule has 2 fully saturated rings. The number of fused-ring (bicyclic) bond motifs is 2. The van der Waals surface area contributed by atoms with Crippen molar-refractivity contribution < 1.29 is 14.3 Å². The van der Waals surface area contributed by atoms with Crippen molar-refractivity contribution in [1.82, 2.24) is 4.90 Å². The Morgan fingerprint density at radius 3 is 2.43 bits per heavy atom. The number of anilines is 1. The zero-order chi connectivity index (χ0) is 16.6. The zero-order valence-electron chi connectivity index (χ0n) is 14.1. The van der Waals surface area contributed by atoms with Crippen molar-refractivity contribution in [2.45, 2.75) is 70.2 Å². The number of hydrogen-bond donors (Lipinski definition) is 1. The monoisotopic (exact) mass is 318 g/mol. The molecule has 2 bridgehead atoms. The van der Waals surface area contributed by atoms with E-state index in [1.165, 1.54) is 0 Å². The lowest BCUT2D eigenvalue weighted by Gasteiger charge is -2.39. The molecule has 2 saturated heterocycles. The maximum Gasteiger partial charge on any atom is 0.410 e. The molecule has 0 aromatic heterocycles. The smallest absolute Gasteiger partial charge is 0.410 e. The summed E-state index contributed by atoms with van der Waals surface area (Å²) < 4.78 is 11.6. The minimum absolute atomic E-state index is 0.132. The molecule has 23 heavy (non-hydrogen) atoms. The van der Waals surface area contributed by atoms with E-state index < -0.39 is 5.60 Å². The summed E-state index contributed by atoms with van der Waals surface area (Å²) in [6, 6.07) is 7.96. The molecule has 3 rings (SSSR count). The summed E-state index contributed by atoms with van der Waals surface area (Å²) in [6.07, 6.45) is 3.71. The summed E-state index contributed by atoms with van der Waals surface area (Å²) in [5.74, 6) is 0.806. The number of nitrogens with two attached hydrogens (primary N) is 1. The fraction of sp³-hybridized carbons (Fsp3) is 0.611. The first-order valence-corrected chi connectivity index (χ1v) is 8.35. The Bertz CT molecular complexity index is 568. The van der Waals surface area contributed by atoms with E-state index in [0.29, 0.717) is 5.69 Å². The van der Waals surface area contributed by atoms with Crippen LogP contribution in [0, 0.1) is 0 Å². The van der Waals surface area contributed by atoms with Gasteiger partial charge in [-0.05, 0) is 45.7 Å². The highest BCUT2D eigenvalue weighted by molar-refractivity contribution is 5.69. The summed E-state index contributed by atoms with van der Waals surface area (Å²) in [5.41, 5.74) is 6.05. The van der Waals surface area contributed by atoms with Gasteiger partial charge in [0.15, 0.2) is 0 Å². The van der Waals surface area contributed by atoms with Gasteiger partial charge in [0.1, 0.15) is 17.5 Å². The second-order valence-corrected chi connectivity index (χ2v) is 7.56. The second kappa shape index (κ2) is 5.95. The predicted octanol–water partition coefficient (Wildman–Crippen LogP) is 3.58. The lowest BCUT2D eigenvalue weighted by molar-refractivity contribution is -0.00706. The quantitative estimate of drug-likeness (QED) is 0.847. The zero-order valence-corrected chi connectivity index (χ0v) is 14.1. The number of ether oxygens (including phenoxy) is 2. The van der Waals surface area contributed by atoms with E-state index in [4.69, 9.17) is 15.2 Å². The van der Waals surface area contributed by atoms with Gasteiger partial charge in [-0.2, -0.15) is 0 Å². The Hall–Kier alpha value is -1.91. The molecule has 0 saturated carbocycles. The molecule has 2 atom stereocenters. The minimum atomic E-state index is -0.453. The number of rotatable bonds is 2. The summed E-state index contributed by atoms with van der Waals surface area (Å²) in [4.78, 5) is 14.4. The molecule has 126 valence electrons. The Morgan fingerprint density at radius 2 is 1.87 bits per heavy atom. The van der Waals surface area contributed by atoms with Gasteiger partial charge in [-0.25, -0.2) is 4.79 Å². The first kappa shape index (κ1) is 16.0. The third-order valence-electron chi connectivity index (χ3n) is 4.45. The molecule has 1 aromatic carbocycles. The average Bonchev–Trinajstić information content (AvgIpc) is 2.69. The van der Waals surface area contributed by atoms with Crippen molar-refractivity contribution in [3.63, 3.8) is 0 Å². The summed E-state index contributed by atoms with van der Waals surface area (Å²) in [7, 11) is 0. The van der Waals surface area contributed by atoms with Crippen LogP contribution in [0.4, 0.5) is 10.5 Å². The van der Waals surface area contributed by atoms with Gasteiger partial charge in [-0.1, -0.05) is 6.07 Å². The minimum Gasteiger partial charge on any atom is -0.490 e. The van der Waals surface area contributed by atoms with Gasteiger partial charge >= 0.3 is 6.09 Å². The number of benzene rings is 1. The van der Waals surface area contributed by atoms with Gasteiger partial charge in [0, 0.05) is 36.7 Å². The topological polar surface area (TPSA) is 64.8 Å². The molecule has 5 nitrogen and oxygen atoms in total. The molecule has 5 heteroatoms. The summed E-state index contributed by atoms with van der Waals surface area (Å²) >= 11 is 0. The van der Waals surface area contributed by atoms with Gasteiger partial charge in [-0.3, -0.25) is 0 Å². The van der Waals surface area contributed by atoms with Crippen LogP contribution in [0.1, 0.15) is 46.5 Å². The molecule has 0 radical (unpaired) electrons. The van der Waals surface area contributed by atoms with Crippen LogP contribution in [0.5, 0.6) is 5.75 Å². The van der Waals surface area contributed by atoms with E-state index >= 15 is 0 Å². The third-order valence-corrected chi connectivity index (χ3v) is 4.45. The highest BCUT2D eigenvalue weighted by atomic mass is 16.6. The standard InChI is InChI=1S/C18H26N2O3/c1-18(2,3)23-17(21)20-13-7-8-14(20)11-16(10-13)22-15-6-4-5-12(19)9-15/h4-6,9,13-14,16H,7-8,10-11,19H2,1-3H3/t13-,14-/m0/s1. The van der Waals surface area contributed by atoms with E-state index in [1.54, 1.807) is 0 Å². The number of carbonyl (C=O) groups excluding carboxylic acids is 1. The van der Waals surface area contributed by atoms with E-state index in [2.05, 4.69) is 0 Å². The number of amides is 1. The van der Waals surface area contributed by atoms with Gasteiger partial charge in [0.2, 0.25) is 0 Å². The van der Waals surface area contributed by atoms with Crippen LogP contribution in [-0.2, 0) is 4.74 Å². The van der Waals surface area contributed by atoms with Crippen molar-refractivity contribution in [2.75, 3.05) is 5.73 Å². The van der Waals surface area contributed by atoms with Crippen molar-refractivity contribution >= 4 is 11.8 Å². The molecule has 2 aliphatic heterocycles. The lowest BCUT2D eigenvalue weighted by Crippen LogP contribution is -2.50. The molecule has 2 N–H and O–H groups in total. The Balaban J connectivity index is 1.64. The lowest BCUT2D eigenvalue weighted by atomic mass is 10.00. The maximum absolute atomic E-state index is 12.4.